The molecule has 4 heteroatoms. The number of aromatic nitrogens is 2. The van der Waals surface area contributed by atoms with Crippen LogP contribution < -0.4 is 5.32 Å². The van der Waals surface area contributed by atoms with E-state index in [1.165, 1.54) is 33.4 Å². The zero-order valence-electron chi connectivity index (χ0n) is 11.2. The standard InChI is InChI=1S/C16H17N3S/c1-2-4-15-13(3-1)14(10-19-8-7-17-11-19)16(20-15)9-18-12-5-6-12/h1-4,7-8,11-12,18H,5-6,9-10H2. The number of imidazole rings is 1. The third-order valence-corrected chi connectivity index (χ3v) is 5.02. The lowest BCUT2D eigenvalue weighted by molar-refractivity contribution is 0.685. The molecule has 2 aromatic heterocycles. The molecule has 4 rings (SSSR count). The van der Waals surface area contributed by atoms with Crippen molar-refractivity contribution in [2.75, 3.05) is 0 Å². The molecule has 0 spiro atoms. The second-order valence-corrected chi connectivity index (χ2v) is 6.53. The number of nitrogens with one attached hydrogen (secondary N) is 1. The van der Waals surface area contributed by atoms with Crippen LogP contribution in [0.25, 0.3) is 10.1 Å². The van der Waals surface area contributed by atoms with Crippen LogP contribution >= 0.6 is 11.3 Å². The smallest absolute Gasteiger partial charge is 0.0949 e. The summed E-state index contributed by atoms with van der Waals surface area (Å²) in [6.45, 7) is 1.90. The molecule has 0 saturated heterocycles. The van der Waals surface area contributed by atoms with Crippen molar-refractivity contribution in [3.8, 4) is 0 Å². The number of fused-ring (bicyclic) bond motifs is 1. The van der Waals surface area contributed by atoms with Gasteiger partial charge in [0.15, 0.2) is 0 Å². The van der Waals surface area contributed by atoms with Gasteiger partial charge in [0.2, 0.25) is 0 Å². The minimum absolute atomic E-state index is 0.751. The Kier molecular flexibility index (Phi) is 3.05. The summed E-state index contributed by atoms with van der Waals surface area (Å²) in [5, 5.41) is 5.03. The van der Waals surface area contributed by atoms with Crippen LogP contribution in [0.3, 0.4) is 0 Å². The number of nitrogens with zero attached hydrogens (tertiary/aromatic N) is 2. The Hall–Kier alpha value is -1.65. The van der Waals surface area contributed by atoms with Gasteiger partial charge in [0.05, 0.1) is 12.9 Å². The summed E-state index contributed by atoms with van der Waals surface area (Å²) in [7, 11) is 0. The summed E-state index contributed by atoms with van der Waals surface area (Å²) in [4.78, 5) is 5.61. The zero-order valence-corrected chi connectivity index (χ0v) is 12.1. The molecule has 1 fully saturated rings. The molecule has 1 aromatic carbocycles. The summed E-state index contributed by atoms with van der Waals surface area (Å²) in [5.41, 5.74) is 1.44. The topological polar surface area (TPSA) is 29.9 Å². The fraction of sp³-hybridized carbons (Fsp3) is 0.312. The Morgan fingerprint density at radius 2 is 2.20 bits per heavy atom. The molecule has 1 aliphatic carbocycles. The summed E-state index contributed by atoms with van der Waals surface area (Å²) in [5.74, 6) is 0. The molecule has 0 radical (unpaired) electrons. The third-order valence-electron chi connectivity index (χ3n) is 3.81. The number of benzene rings is 1. The number of hydrogen-bond acceptors (Lipinski definition) is 3. The van der Waals surface area contributed by atoms with Crippen LogP contribution in [-0.4, -0.2) is 15.6 Å². The lowest BCUT2D eigenvalue weighted by Gasteiger charge is -2.06. The molecule has 1 saturated carbocycles. The summed E-state index contributed by atoms with van der Waals surface area (Å²) < 4.78 is 3.53. The molecule has 102 valence electrons. The molecule has 2 heterocycles. The highest BCUT2D eigenvalue weighted by Crippen LogP contribution is 2.32. The van der Waals surface area contributed by atoms with Crippen molar-refractivity contribution in [2.45, 2.75) is 32.0 Å². The van der Waals surface area contributed by atoms with Gasteiger partial charge < -0.3 is 9.88 Å². The first-order valence-electron chi connectivity index (χ1n) is 7.08. The van der Waals surface area contributed by atoms with E-state index in [1.54, 1.807) is 0 Å². The van der Waals surface area contributed by atoms with Crippen molar-refractivity contribution in [1.82, 2.24) is 14.9 Å². The van der Waals surface area contributed by atoms with Crippen LogP contribution in [0, 0.1) is 0 Å². The molecule has 20 heavy (non-hydrogen) atoms. The number of hydrogen-bond donors (Lipinski definition) is 1. The Morgan fingerprint density at radius 1 is 1.30 bits per heavy atom. The summed E-state index contributed by atoms with van der Waals surface area (Å²) in [6.07, 6.45) is 8.44. The van der Waals surface area contributed by atoms with Crippen molar-refractivity contribution in [1.29, 1.82) is 0 Å². The van der Waals surface area contributed by atoms with E-state index in [0.717, 1.165) is 19.1 Å². The van der Waals surface area contributed by atoms with Gasteiger partial charge in [-0.2, -0.15) is 0 Å². The summed E-state index contributed by atoms with van der Waals surface area (Å²) in [6, 6.07) is 9.46. The second kappa shape index (κ2) is 5.04. The van der Waals surface area contributed by atoms with Crippen LogP contribution in [0.2, 0.25) is 0 Å². The molecular formula is C16H17N3S. The lowest BCUT2D eigenvalue weighted by atomic mass is 10.1. The Morgan fingerprint density at radius 3 is 3.00 bits per heavy atom. The first kappa shape index (κ1) is 12.1. The van der Waals surface area contributed by atoms with Crippen molar-refractivity contribution in [3.63, 3.8) is 0 Å². The quantitative estimate of drug-likeness (QED) is 0.778. The molecule has 1 N–H and O–H groups in total. The Labute approximate surface area is 122 Å². The molecular weight excluding hydrogens is 266 g/mol. The van der Waals surface area contributed by atoms with Crippen LogP contribution in [0.15, 0.2) is 43.0 Å². The highest BCUT2D eigenvalue weighted by molar-refractivity contribution is 7.19. The molecule has 0 aliphatic heterocycles. The van der Waals surface area contributed by atoms with E-state index in [0.29, 0.717) is 0 Å². The highest BCUT2D eigenvalue weighted by atomic mass is 32.1. The molecule has 3 aromatic rings. The van der Waals surface area contributed by atoms with Gasteiger partial charge in [-0.15, -0.1) is 11.3 Å². The van der Waals surface area contributed by atoms with E-state index < -0.39 is 0 Å². The van der Waals surface area contributed by atoms with E-state index in [-0.39, 0.29) is 0 Å². The van der Waals surface area contributed by atoms with E-state index in [9.17, 15) is 0 Å². The van der Waals surface area contributed by atoms with Gasteiger partial charge >= 0.3 is 0 Å². The molecule has 3 nitrogen and oxygen atoms in total. The average Bonchev–Trinajstić information content (AvgIpc) is 3.04. The maximum Gasteiger partial charge on any atom is 0.0949 e. The molecule has 0 bridgehead atoms. The molecule has 0 unspecified atom stereocenters. The van der Waals surface area contributed by atoms with Gasteiger partial charge in [-0.25, -0.2) is 4.98 Å². The highest BCUT2D eigenvalue weighted by Gasteiger charge is 2.21. The van der Waals surface area contributed by atoms with E-state index >= 15 is 0 Å². The van der Waals surface area contributed by atoms with Gasteiger partial charge in [0.25, 0.3) is 0 Å². The Bertz CT molecular complexity index is 710. The van der Waals surface area contributed by atoms with Gasteiger partial charge in [-0.05, 0) is 29.9 Å². The van der Waals surface area contributed by atoms with Gasteiger partial charge in [-0.3, -0.25) is 0 Å². The molecule has 0 amide bonds. The van der Waals surface area contributed by atoms with Crippen molar-refractivity contribution < 1.29 is 0 Å². The lowest BCUT2D eigenvalue weighted by Crippen LogP contribution is -2.15. The van der Waals surface area contributed by atoms with Crippen LogP contribution in [0.4, 0.5) is 0 Å². The van der Waals surface area contributed by atoms with Crippen molar-refractivity contribution in [3.05, 3.63) is 53.4 Å². The minimum atomic E-state index is 0.751. The van der Waals surface area contributed by atoms with Gasteiger partial charge in [0.1, 0.15) is 0 Å². The van der Waals surface area contributed by atoms with Crippen molar-refractivity contribution >= 4 is 21.4 Å². The summed E-state index contributed by atoms with van der Waals surface area (Å²) >= 11 is 1.92. The number of thiophene rings is 1. The monoisotopic (exact) mass is 283 g/mol. The van der Waals surface area contributed by atoms with Crippen LogP contribution in [0.5, 0.6) is 0 Å². The van der Waals surface area contributed by atoms with E-state index in [4.69, 9.17) is 0 Å². The first-order valence-corrected chi connectivity index (χ1v) is 7.90. The first-order chi connectivity index (χ1) is 9.90. The number of rotatable bonds is 5. The molecule has 0 atom stereocenters. The average molecular weight is 283 g/mol. The SMILES string of the molecule is c1ccc2c(Cn3ccnc3)c(CNC3CC3)sc2c1. The maximum absolute atomic E-state index is 4.15. The molecule has 1 aliphatic rings. The van der Waals surface area contributed by atoms with E-state index in [1.807, 2.05) is 30.1 Å². The van der Waals surface area contributed by atoms with Crippen molar-refractivity contribution in [2.24, 2.45) is 0 Å². The van der Waals surface area contributed by atoms with Crippen LogP contribution in [0.1, 0.15) is 23.3 Å². The van der Waals surface area contributed by atoms with Gasteiger partial charge in [0, 0.05) is 34.6 Å². The maximum atomic E-state index is 4.15. The fourth-order valence-corrected chi connectivity index (χ4v) is 3.72. The largest absolute Gasteiger partial charge is 0.333 e. The predicted octanol–water partition coefficient (Wildman–Crippen LogP) is 3.40. The van der Waals surface area contributed by atoms with Crippen LogP contribution in [-0.2, 0) is 13.1 Å². The fourth-order valence-electron chi connectivity index (χ4n) is 2.55. The zero-order chi connectivity index (χ0) is 13.4. The van der Waals surface area contributed by atoms with Gasteiger partial charge in [-0.1, -0.05) is 18.2 Å². The predicted molar refractivity (Wildman–Crippen MR) is 83.0 cm³/mol. The van der Waals surface area contributed by atoms with E-state index in [2.05, 4.69) is 39.1 Å². The minimum Gasteiger partial charge on any atom is -0.333 e. The third kappa shape index (κ3) is 2.37. The Balaban J connectivity index is 1.71. The second-order valence-electron chi connectivity index (χ2n) is 5.39. The normalized spacial score (nSPS) is 15.0.